The summed E-state index contributed by atoms with van der Waals surface area (Å²) < 4.78 is 29.0. The van der Waals surface area contributed by atoms with Crippen molar-refractivity contribution in [2.24, 2.45) is 0 Å². The van der Waals surface area contributed by atoms with Crippen molar-refractivity contribution in [2.75, 3.05) is 30.2 Å². The van der Waals surface area contributed by atoms with Gasteiger partial charge in [-0.05, 0) is 18.6 Å². The van der Waals surface area contributed by atoms with Gasteiger partial charge in [-0.1, -0.05) is 18.2 Å². The molecule has 2 rings (SSSR count). The molecule has 1 aromatic rings. The van der Waals surface area contributed by atoms with Gasteiger partial charge in [0.2, 0.25) is 5.91 Å². The van der Waals surface area contributed by atoms with Crippen molar-refractivity contribution in [1.82, 2.24) is 0 Å². The van der Waals surface area contributed by atoms with E-state index in [2.05, 4.69) is 0 Å². The fraction of sp³-hybridized carbons (Fsp3) is 0.429. The van der Waals surface area contributed by atoms with Crippen LogP contribution in [0.1, 0.15) is 12.5 Å². The number of benzene rings is 1. The lowest BCUT2D eigenvalue weighted by molar-refractivity contribution is -0.121. The Kier molecular flexibility index (Phi) is 4.03. The largest absolute Gasteiger partial charge is 0.351 e. The molecular formula is C14H16N2O4S. The van der Waals surface area contributed by atoms with Gasteiger partial charge in [0.05, 0.1) is 17.2 Å². The summed E-state index contributed by atoms with van der Waals surface area (Å²) in [7, 11) is -1.99. The minimum Gasteiger partial charge on any atom is -0.351 e. The van der Waals surface area contributed by atoms with Crippen molar-refractivity contribution in [3.05, 3.63) is 29.8 Å². The molecule has 112 valence electrons. The number of anilines is 1. The van der Waals surface area contributed by atoms with Gasteiger partial charge >= 0.3 is 0 Å². The van der Waals surface area contributed by atoms with Crippen LogP contribution in [0.3, 0.4) is 0 Å². The number of hydrogen-bond acceptors (Lipinski definition) is 5. The standard InChI is InChI=1S/C14H16N2O4S/c1-14(9-21(18,19)10-20-8-7-15)11-5-3-4-6-12(11)16(2)13(14)17/h3-6H,8-10H2,1-2H3/t14-/m1/s1. The molecule has 0 saturated heterocycles. The smallest absolute Gasteiger partial charge is 0.238 e. The molecule has 0 spiro atoms. The van der Waals surface area contributed by atoms with Crippen LogP contribution in [0.5, 0.6) is 0 Å². The van der Waals surface area contributed by atoms with Gasteiger partial charge in [-0.2, -0.15) is 5.26 Å². The van der Waals surface area contributed by atoms with Crippen LogP contribution in [0, 0.1) is 11.3 Å². The van der Waals surface area contributed by atoms with E-state index >= 15 is 0 Å². The number of fused-ring (bicyclic) bond motifs is 1. The van der Waals surface area contributed by atoms with E-state index in [1.54, 1.807) is 44.3 Å². The maximum Gasteiger partial charge on any atom is 0.238 e. The molecule has 1 heterocycles. The molecule has 1 aliphatic heterocycles. The third-order valence-corrected chi connectivity index (χ3v) is 5.12. The van der Waals surface area contributed by atoms with Gasteiger partial charge in [0, 0.05) is 12.7 Å². The maximum atomic E-state index is 12.5. The zero-order chi connectivity index (χ0) is 15.7. The molecule has 21 heavy (non-hydrogen) atoms. The number of carbonyl (C=O) groups excluding carboxylic acids is 1. The quantitative estimate of drug-likeness (QED) is 0.752. The first-order chi connectivity index (χ1) is 9.82. The van der Waals surface area contributed by atoms with Gasteiger partial charge in [-0.25, -0.2) is 8.42 Å². The normalized spacial score (nSPS) is 21.2. The van der Waals surface area contributed by atoms with E-state index in [4.69, 9.17) is 10.00 Å². The minimum absolute atomic E-state index is 0.257. The number of likely N-dealkylation sites (N-methyl/N-ethyl adjacent to an activating group) is 1. The summed E-state index contributed by atoms with van der Waals surface area (Å²) >= 11 is 0. The molecule has 0 aromatic heterocycles. The molecule has 0 radical (unpaired) electrons. The Labute approximate surface area is 123 Å². The van der Waals surface area contributed by atoms with E-state index in [1.165, 1.54) is 4.90 Å². The van der Waals surface area contributed by atoms with E-state index in [0.29, 0.717) is 5.56 Å². The molecule has 0 saturated carbocycles. The second kappa shape index (κ2) is 5.47. The highest BCUT2D eigenvalue weighted by molar-refractivity contribution is 7.91. The molecule has 1 atom stereocenters. The second-order valence-electron chi connectivity index (χ2n) is 5.23. The highest BCUT2D eigenvalue weighted by atomic mass is 32.2. The average molecular weight is 308 g/mol. The zero-order valence-corrected chi connectivity index (χ0v) is 12.7. The number of rotatable bonds is 5. The van der Waals surface area contributed by atoms with Crippen LogP contribution in [0.4, 0.5) is 5.69 Å². The SMILES string of the molecule is CN1C(=O)[C@](C)(CS(=O)(=O)COCC#N)c2ccccc21. The number of hydrogen-bond donors (Lipinski definition) is 0. The number of nitrogens with zero attached hydrogens (tertiary/aromatic N) is 2. The molecule has 1 aromatic carbocycles. The fourth-order valence-electron chi connectivity index (χ4n) is 2.66. The third kappa shape index (κ3) is 2.77. The Bertz CT molecular complexity index is 708. The molecule has 6 nitrogen and oxygen atoms in total. The summed E-state index contributed by atoms with van der Waals surface area (Å²) in [6.07, 6.45) is 0. The number of nitriles is 1. The first-order valence-corrected chi connectivity index (χ1v) is 8.17. The predicted molar refractivity (Wildman–Crippen MR) is 77.4 cm³/mol. The van der Waals surface area contributed by atoms with Crippen molar-refractivity contribution in [1.29, 1.82) is 5.26 Å². The average Bonchev–Trinajstić information content (AvgIpc) is 2.61. The Morgan fingerprint density at radius 1 is 1.38 bits per heavy atom. The van der Waals surface area contributed by atoms with Crippen LogP contribution >= 0.6 is 0 Å². The van der Waals surface area contributed by atoms with E-state index in [-0.39, 0.29) is 18.3 Å². The lowest BCUT2D eigenvalue weighted by Gasteiger charge is -2.22. The Morgan fingerprint density at radius 3 is 2.71 bits per heavy atom. The van der Waals surface area contributed by atoms with Crippen molar-refractivity contribution < 1.29 is 17.9 Å². The Balaban J connectivity index is 2.31. The molecule has 0 fully saturated rings. The third-order valence-electron chi connectivity index (χ3n) is 3.57. The monoisotopic (exact) mass is 308 g/mol. The number of carbonyl (C=O) groups is 1. The number of ether oxygens (including phenoxy) is 1. The summed E-state index contributed by atoms with van der Waals surface area (Å²) in [4.78, 5) is 13.9. The van der Waals surface area contributed by atoms with E-state index in [0.717, 1.165) is 5.69 Å². The van der Waals surface area contributed by atoms with Crippen LogP contribution in [-0.4, -0.2) is 39.7 Å². The number of para-hydroxylation sites is 1. The summed E-state index contributed by atoms with van der Waals surface area (Å²) in [5, 5.41) is 8.37. The molecule has 7 heteroatoms. The van der Waals surface area contributed by atoms with Crippen LogP contribution in [0.15, 0.2) is 24.3 Å². The van der Waals surface area contributed by atoms with Gasteiger partial charge in [0.25, 0.3) is 0 Å². The summed E-state index contributed by atoms with van der Waals surface area (Å²) in [5.74, 6) is -1.16. The van der Waals surface area contributed by atoms with Gasteiger partial charge in [-0.3, -0.25) is 4.79 Å². The highest BCUT2D eigenvalue weighted by Crippen LogP contribution is 2.41. The van der Waals surface area contributed by atoms with Crippen molar-refractivity contribution in [3.63, 3.8) is 0 Å². The van der Waals surface area contributed by atoms with Gasteiger partial charge < -0.3 is 9.64 Å². The zero-order valence-electron chi connectivity index (χ0n) is 11.9. The van der Waals surface area contributed by atoms with E-state index in [1.807, 2.05) is 0 Å². The van der Waals surface area contributed by atoms with E-state index in [9.17, 15) is 13.2 Å². The Morgan fingerprint density at radius 2 is 2.05 bits per heavy atom. The van der Waals surface area contributed by atoms with Crippen molar-refractivity contribution in [2.45, 2.75) is 12.3 Å². The predicted octanol–water partition coefficient (Wildman–Crippen LogP) is 0.833. The minimum atomic E-state index is -3.62. The number of amides is 1. The maximum absolute atomic E-state index is 12.5. The molecule has 1 aliphatic rings. The Hall–Kier alpha value is -1.91. The molecule has 0 bridgehead atoms. The van der Waals surface area contributed by atoms with Gasteiger partial charge in [-0.15, -0.1) is 0 Å². The topological polar surface area (TPSA) is 87.5 Å². The first-order valence-electron chi connectivity index (χ1n) is 6.34. The second-order valence-corrected chi connectivity index (χ2v) is 7.24. The van der Waals surface area contributed by atoms with Crippen LogP contribution < -0.4 is 4.90 Å². The summed E-state index contributed by atoms with van der Waals surface area (Å²) in [6.45, 7) is 1.33. The van der Waals surface area contributed by atoms with Crippen LogP contribution in [-0.2, 0) is 24.8 Å². The van der Waals surface area contributed by atoms with Gasteiger partial charge in [0.1, 0.15) is 12.5 Å². The first kappa shape index (κ1) is 15.5. The summed E-state index contributed by atoms with van der Waals surface area (Å²) in [5.41, 5.74) is 0.291. The fourth-order valence-corrected chi connectivity index (χ4v) is 4.24. The van der Waals surface area contributed by atoms with Crippen LogP contribution in [0.2, 0.25) is 0 Å². The molecule has 0 aliphatic carbocycles. The van der Waals surface area contributed by atoms with Crippen molar-refractivity contribution in [3.8, 4) is 6.07 Å². The van der Waals surface area contributed by atoms with Crippen LogP contribution in [0.25, 0.3) is 0 Å². The summed E-state index contributed by atoms with van der Waals surface area (Å²) in [6, 6.07) is 8.85. The number of sulfone groups is 1. The lowest BCUT2D eigenvalue weighted by Crippen LogP contribution is -2.42. The molecule has 1 amide bonds. The molecular weight excluding hydrogens is 292 g/mol. The van der Waals surface area contributed by atoms with Gasteiger partial charge in [0.15, 0.2) is 9.84 Å². The lowest BCUT2D eigenvalue weighted by atomic mass is 9.86. The van der Waals surface area contributed by atoms with E-state index < -0.39 is 21.2 Å². The molecule has 0 N–H and O–H groups in total. The highest BCUT2D eigenvalue weighted by Gasteiger charge is 2.48. The van der Waals surface area contributed by atoms with Crippen molar-refractivity contribution >= 4 is 21.4 Å². The molecule has 0 unspecified atom stereocenters.